The number of carbonyl (C=O) groups excluding carboxylic acids is 2. The van der Waals surface area contributed by atoms with Crippen molar-refractivity contribution in [3.05, 3.63) is 34.0 Å². The van der Waals surface area contributed by atoms with Gasteiger partial charge in [0.1, 0.15) is 11.0 Å². The van der Waals surface area contributed by atoms with Gasteiger partial charge in [0, 0.05) is 11.1 Å². The zero-order chi connectivity index (χ0) is 19.4. The molecule has 9 heteroatoms. The van der Waals surface area contributed by atoms with Crippen molar-refractivity contribution < 1.29 is 24.2 Å². The van der Waals surface area contributed by atoms with Gasteiger partial charge in [-0.25, -0.2) is 9.59 Å². The van der Waals surface area contributed by atoms with Gasteiger partial charge in [0.2, 0.25) is 0 Å². The number of carboxylic acids is 1. The predicted molar refractivity (Wildman–Crippen MR) is 96.9 cm³/mol. The van der Waals surface area contributed by atoms with Crippen LogP contribution in [-0.4, -0.2) is 39.3 Å². The summed E-state index contributed by atoms with van der Waals surface area (Å²) < 4.78 is 6.30. The summed E-state index contributed by atoms with van der Waals surface area (Å²) in [6, 6.07) is -0.887. The van der Waals surface area contributed by atoms with Crippen molar-refractivity contribution in [2.24, 2.45) is 0 Å². The average molecular weight is 379 g/mol. The number of nitrogens with one attached hydrogen (secondary N) is 1. The van der Waals surface area contributed by atoms with E-state index < -0.39 is 23.9 Å². The number of aliphatic carboxylic acids is 1. The topological polar surface area (TPSA) is 111 Å². The Morgan fingerprint density at radius 1 is 1.38 bits per heavy atom. The second-order valence-corrected chi connectivity index (χ2v) is 6.82. The van der Waals surface area contributed by atoms with Crippen LogP contribution in [0.15, 0.2) is 12.4 Å². The zero-order valence-electron chi connectivity index (χ0n) is 15.0. The molecule has 140 valence electrons. The van der Waals surface area contributed by atoms with E-state index in [4.69, 9.17) is 9.84 Å². The van der Waals surface area contributed by atoms with E-state index in [9.17, 15) is 14.4 Å². The molecular weight excluding hydrogens is 358 g/mol. The maximum absolute atomic E-state index is 12.5. The Morgan fingerprint density at radius 3 is 2.65 bits per heavy atom. The number of anilines is 1. The fourth-order valence-electron chi connectivity index (χ4n) is 2.47. The summed E-state index contributed by atoms with van der Waals surface area (Å²) in [7, 11) is 0. The lowest BCUT2D eigenvalue weighted by atomic mass is 10.1. The van der Waals surface area contributed by atoms with Crippen molar-refractivity contribution in [2.45, 2.75) is 40.2 Å². The van der Waals surface area contributed by atoms with Crippen molar-refractivity contribution in [1.82, 2.24) is 9.78 Å². The summed E-state index contributed by atoms with van der Waals surface area (Å²) in [6.45, 7) is 7.24. The van der Waals surface area contributed by atoms with E-state index in [1.807, 2.05) is 13.8 Å². The molecule has 2 N–H and O–H groups in total. The number of carboxylic acid groups (broad SMARTS) is 1. The molecule has 2 aromatic heterocycles. The molecular formula is C17H21N3O5S. The molecule has 0 aliphatic heterocycles. The van der Waals surface area contributed by atoms with E-state index in [2.05, 4.69) is 10.4 Å². The molecule has 1 atom stereocenters. The standard InChI is InChI=1S/C17H21N3O5S/c1-5-12-10(4)26-15(13(12)17(24)25-6-2)19-14(21)11-7-18-20(8-11)9(3)16(22)23/h7-9H,5-6H2,1-4H3,(H,19,21)(H,22,23). The fourth-order valence-corrected chi connectivity index (χ4v) is 3.60. The van der Waals surface area contributed by atoms with Crippen LogP contribution in [0.3, 0.4) is 0 Å². The third kappa shape index (κ3) is 3.93. The van der Waals surface area contributed by atoms with Gasteiger partial charge in [-0.1, -0.05) is 6.92 Å². The number of carbonyl (C=O) groups is 3. The average Bonchev–Trinajstić information content (AvgIpc) is 3.18. The maximum Gasteiger partial charge on any atom is 0.341 e. The number of ether oxygens (including phenoxy) is 1. The van der Waals surface area contributed by atoms with E-state index in [1.165, 1.54) is 35.3 Å². The molecule has 0 aromatic carbocycles. The van der Waals surface area contributed by atoms with Crippen molar-refractivity contribution >= 4 is 34.2 Å². The molecule has 0 saturated heterocycles. The quantitative estimate of drug-likeness (QED) is 0.716. The molecule has 26 heavy (non-hydrogen) atoms. The van der Waals surface area contributed by atoms with Gasteiger partial charge in [0.25, 0.3) is 5.91 Å². The molecule has 8 nitrogen and oxygen atoms in total. The van der Waals surface area contributed by atoms with Gasteiger partial charge < -0.3 is 15.2 Å². The van der Waals surface area contributed by atoms with E-state index in [0.29, 0.717) is 17.0 Å². The van der Waals surface area contributed by atoms with Gasteiger partial charge >= 0.3 is 11.9 Å². The summed E-state index contributed by atoms with van der Waals surface area (Å²) in [5, 5.41) is 16.1. The van der Waals surface area contributed by atoms with Crippen molar-refractivity contribution in [1.29, 1.82) is 0 Å². The number of aromatic nitrogens is 2. The molecule has 0 aliphatic carbocycles. The first-order valence-corrected chi connectivity index (χ1v) is 8.99. The number of aryl methyl sites for hydroxylation is 1. The molecule has 2 heterocycles. The lowest BCUT2D eigenvalue weighted by Crippen LogP contribution is -2.17. The van der Waals surface area contributed by atoms with E-state index >= 15 is 0 Å². The monoisotopic (exact) mass is 379 g/mol. The first-order chi connectivity index (χ1) is 12.3. The minimum atomic E-state index is -1.05. The SMILES string of the molecule is CCOC(=O)c1c(NC(=O)c2cnn(C(C)C(=O)O)c2)sc(C)c1CC. The first-order valence-electron chi connectivity index (χ1n) is 8.17. The predicted octanol–water partition coefficient (Wildman–Crippen LogP) is 2.89. The molecule has 0 spiro atoms. The number of esters is 1. The van der Waals surface area contributed by atoms with E-state index in [0.717, 1.165) is 10.4 Å². The van der Waals surface area contributed by atoms with Gasteiger partial charge in [-0.3, -0.25) is 9.48 Å². The Kier molecular flexibility index (Phi) is 6.14. The fraction of sp³-hybridized carbons (Fsp3) is 0.412. The first kappa shape index (κ1) is 19.6. The van der Waals surface area contributed by atoms with Gasteiger partial charge in [-0.15, -0.1) is 11.3 Å². The zero-order valence-corrected chi connectivity index (χ0v) is 15.8. The number of amides is 1. The third-order valence-corrected chi connectivity index (χ3v) is 4.95. The van der Waals surface area contributed by atoms with Crippen LogP contribution in [0.2, 0.25) is 0 Å². The summed E-state index contributed by atoms with van der Waals surface area (Å²) in [5.74, 6) is -1.99. The highest BCUT2D eigenvalue weighted by Gasteiger charge is 2.24. The summed E-state index contributed by atoms with van der Waals surface area (Å²) >= 11 is 1.31. The Hall–Kier alpha value is -2.68. The molecule has 0 saturated carbocycles. The highest BCUT2D eigenvalue weighted by Crippen LogP contribution is 2.34. The number of hydrogen-bond donors (Lipinski definition) is 2. The minimum Gasteiger partial charge on any atom is -0.480 e. The smallest absolute Gasteiger partial charge is 0.341 e. The van der Waals surface area contributed by atoms with Crippen LogP contribution in [-0.2, 0) is 16.0 Å². The molecule has 0 fully saturated rings. The van der Waals surface area contributed by atoms with Crippen LogP contribution in [0.4, 0.5) is 5.00 Å². The van der Waals surface area contributed by atoms with Crippen molar-refractivity contribution in [3.63, 3.8) is 0 Å². The molecule has 0 radical (unpaired) electrons. The second kappa shape index (κ2) is 8.13. The van der Waals surface area contributed by atoms with Gasteiger partial charge in [0.05, 0.1) is 23.9 Å². The van der Waals surface area contributed by atoms with Gasteiger partial charge in [-0.05, 0) is 32.8 Å². The number of hydrogen-bond acceptors (Lipinski definition) is 6. The summed E-state index contributed by atoms with van der Waals surface area (Å²) in [4.78, 5) is 36.7. The number of rotatable bonds is 7. The summed E-state index contributed by atoms with van der Waals surface area (Å²) in [5.41, 5.74) is 1.42. The normalized spacial score (nSPS) is 11.8. The van der Waals surface area contributed by atoms with Crippen LogP contribution < -0.4 is 5.32 Å². The molecule has 1 amide bonds. The third-order valence-electron chi connectivity index (χ3n) is 3.89. The number of thiophene rings is 1. The van der Waals surface area contributed by atoms with Gasteiger partial charge in [0.15, 0.2) is 0 Å². The molecule has 2 aromatic rings. The Bertz CT molecular complexity index is 840. The lowest BCUT2D eigenvalue weighted by molar-refractivity contribution is -0.140. The van der Waals surface area contributed by atoms with Crippen molar-refractivity contribution in [3.8, 4) is 0 Å². The van der Waals surface area contributed by atoms with Crippen LogP contribution in [0.1, 0.15) is 58.0 Å². The van der Waals surface area contributed by atoms with E-state index in [-0.39, 0.29) is 12.2 Å². The Morgan fingerprint density at radius 2 is 2.08 bits per heavy atom. The minimum absolute atomic E-state index is 0.206. The highest BCUT2D eigenvalue weighted by atomic mass is 32.1. The second-order valence-electron chi connectivity index (χ2n) is 5.59. The Labute approximate surface area is 154 Å². The van der Waals surface area contributed by atoms with Crippen LogP contribution >= 0.6 is 11.3 Å². The maximum atomic E-state index is 12.5. The van der Waals surface area contributed by atoms with Crippen LogP contribution in [0.5, 0.6) is 0 Å². The van der Waals surface area contributed by atoms with E-state index in [1.54, 1.807) is 6.92 Å². The van der Waals surface area contributed by atoms with Gasteiger partial charge in [-0.2, -0.15) is 5.10 Å². The molecule has 0 aliphatic rings. The van der Waals surface area contributed by atoms with Crippen molar-refractivity contribution in [2.75, 3.05) is 11.9 Å². The van der Waals surface area contributed by atoms with Crippen LogP contribution in [0.25, 0.3) is 0 Å². The largest absolute Gasteiger partial charge is 0.480 e. The Balaban J connectivity index is 2.29. The molecule has 2 rings (SSSR count). The lowest BCUT2D eigenvalue weighted by Gasteiger charge is -2.07. The molecule has 0 bridgehead atoms. The number of nitrogens with zero attached hydrogens (tertiary/aromatic N) is 2. The highest BCUT2D eigenvalue weighted by molar-refractivity contribution is 7.16. The summed E-state index contributed by atoms with van der Waals surface area (Å²) in [6.07, 6.45) is 3.29. The molecule has 1 unspecified atom stereocenters. The van der Waals surface area contributed by atoms with Crippen LogP contribution in [0, 0.1) is 6.92 Å².